The van der Waals surface area contributed by atoms with Gasteiger partial charge in [-0.25, -0.2) is 14.5 Å². The minimum Gasteiger partial charge on any atom is -0.478 e. The van der Waals surface area contributed by atoms with Crippen molar-refractivity contribution in [3.05, 3.63) is 87.2 Å². The van der Waals surface area contributed by atoms with Gasteiger partial charge in [0.1, 0.15) is 5.57 Å². The van der Waals surface area contributed by atoms with Gasteiger partial charge in [-0.3, -0.25) is 14.9 Å². The first-order valence-electron chi connectivity index (χ1n) is 10.8. The Morgan fingerprint density at radius 3 is 2.37 bits per heavy atom. The maximum Gasteiger partial charge on any atom is 0.335 e. The van der Waals surface area contributed by atoms with Gasteiger partial charge in [0, 0.05) is 11.4 Å². The minimum absolute atomic E-state index is 0.0712. The summed E-state index contributed by atoms with van der Waals surface area (Å²) in [5.74, 6) is -2.62. The number of halogens is 1. The molecule has 2 heterocycles. The summed E-state index contributed by atoms with van der Waals surface area (Å²) >= 11 is 6.36. The van der Waals surface area contributed by atoms with Gasteiger partial charge in [0.2, 0.25) is 0 Å². The lowest BCUT2D eigenvalue weighted by atomic mass is 10.1. The molecule has 2 aromatic carbocycles. The van der Waals surface area contributed by atoms with Crippen molar-refractivity contribution in [1.82, 2.24) is 9.88 Å². The second-order valence-electron chi connectivity index (χ2n) is 8.11. The SMILES string of the molecule is CCc1ccc(N2C(=O)NC(=O)/C(=C/c3cc(C)n(-c4cc(C(=O)O)ccc4Cl)c3C)C2=O)cc1. The first kappa shape index (κ1) is 24.0. The number of carbonyl (C=O) groups is 4. The zero-order valence-electron chi connectivity index (χ0n) is 19.3. The number of imide groups is 2. The molecular weight excluding hydrogens is 470 g/mol. The number of aromatic carboxylic acids is 1. The number of barbiturate groups is 1. The van der Waals surface area contributed by atoms with Crippen LogP contribution in [0.15, 0.2) is 54.1 Å². The van der Waals surface area contributed by atoms with Crippen molar-refractivity contribution < 1.29 is 24.3 Å². The zero-order chi connectivity index (χ0) is 25.4. The van der Waals surface area contributed by atoms with Crippen LogP contribution < -0.4 is 10.2 Å². The van der Waals surface area contributed by atoms with Crippen LogP contribution in [-0.2, 0) is 16.0 Å². The lowest BCUT2D eigenvalue weighted by Gasteiger charge is -2.26. The molecule has 35 heavy (non-hydrogen) atoms. The Labute approximate surface area is 206 Å². The molecule has 1 aliphatic heterocycles. The predicted molar refractivity (Wildman–Crippen MR) is 132 cm³/mol. The van der Waals surface area contributed by atoms with Gasteiger partial charge < -0.3 is 9.67 Å². The average molecular weight is 492 g/mol. The number of hydrogen-bond donors (Lipinski definition) is 2. The van der Waals surface area contributed by atoms with Gasteiger partial charge in [0.15, 0.2) is 0 Å². The predicted octanol–water partition coefficient (Wildman–Crippen LogP) is 4.67. The standard InChI is InChI=1S/C26H22ClN3O5/c1-4-16-5-8-19(9-6-16)30-24(32)20(23(31)28-26(30)35)12-18-11-14(2)29(15(18)3)22-13-17(25(33)34)7-10-21(22)27/h5-13H,4H2,1-3H3,(H,33,34)(H,28,31,35)/b20-12-. The Morgan fingerprint density at radius 1 is 1.06 bits per heavy atom. The molecule has 4 amide bonds. The van der Waals surface area contributed by atoms with Crippen molar-refractivity contribution in [2.75, 3.05) is 4.90 Å². The molecule has 1 fully saturated rings. The molecule has 0 radical (unpaired) electrons. The van der Waals surface area contributed by atoms with Crippen molar-refractivity contribution >= 4 is 47.2 Å². The zero-order valence-corrected chi connectivity index (χ0v) is 20.0. The van der Waals surface area contributed by atoms with E-state index in [9.17, 15) is 24.3 Å². The van der Waals surface area contributed by atoms with Crippen LogP contribution in [0.4, 0.5) is 10.5 Å². The maximum absolute atomic E-state index is 13.2. The number of aromatic nitrogens is 1. The number of rotatable bonds is 5. The van der Waals surface area contributed by atoms with Crippen LogP contribution >= 0.6 is 11.6 Å². The van der Waals surface area contributed by atoms with E-state index in [1.807, 2.05) is 19.1 Å². The number of nitrogens with one attached hydrogen (secondary N) is 1. The number of nitrogens with zero attached hydrogens (tertiary/aromatic N) is 2. The number of urea groups is 1. The summed E-state index contributed by atoms with van der Waals surface area (Å²) in [5.41, 5.74) is 3.62. The quantitative estimate of drug-likeness (QED) is 0.398. The summed E-state index contributed by atoms with van der Waals surface area (Å²) in [6, 6.07) is 12.3. The van der Waals surface area contributed by atoms with Gasteiger partial charge in [-0.1, -0.05) is 30.7 Å². The van der Waals surface area contributed by atoms with Gasteiger partial charge in [0.05, 0.1) is 22.0 Å². The largest absolute Gasteiger partial charge is 0.478 e. The molecule has 2 N–H and O–H groups in total. The molecule has 4 rings (SSSR count). The van der Waals surface area contributed by atoms with E-state index in [1.54, 1.807) is 36.6 Å². The summed E-state index contributed by atoms with van der Waals surface area (Å²) in [7, 11) is 0. The van der Waals surface area contributed by atoms with Crippen LogP contribution in [0, 0.1) is 13.8 Å². The highest BCUT2D eigenvalue weighted by Crippen LogP contribution is 2.30. The number of anilines is 1. The molecule has 9 heteroatoms. The van der Waals surface area contributed by atoms with E-state index in [2.05, 4.69) is 5.32 Å². The first-order chi connectivity index (χ1) is 16.6. The highest BCUT2D eigenvalue weighted by Gasteiger charge is 2.37. The monoisotopic (exact) mass is 491 g/mol. The Balaban J connectivity index is 1.77. The molecule has 0 aliphatic carbocycles. The Bertz CT molecular complexity index is 1420. The van der Waals surface area contributed by atoms with Crippen molar-refractivity contribution in [3.8, 4) is 5.69 Å². The van der Waals surface area contributed by atoms with Gasteiger partial charge >= 0.3 is 12.0 Å². The molecule has 3 aromatic rings. The lowest BCUT2D eigenvalue weighted by Crippen LogP contribution is -2.54. The maximum atomic E-state index is 13.2. The molecule has 0 saturated carbocycles. The molecule has 1 saturated heterocycles. The molecular formula is C26H22ClN3O5. The number of carboxylic acid groups (broad SMARTS) is 1. The third kappa shape index (κ3) is 4.36. The van der Waals surface area contributed by atoms with Crippen LogP contribution in [0.2, 0.25) is 5.02 Å². The van der Waals surface area contributed by atoms with Gasteiger partial charge in [-0.15, -0.1) is 0 Å². The Hall–Kier alpha value is -4.17. The fourth-order valence-electron chi connectivity index (χ4n) is 4.05. The van der Waals surface area contributed by atoms with E-state index in [0.29, 0.717) is 33.3 Å². The summed E-state index contributed by atoms with van der Waals surface area (Å²) in [6.07, 6.45) is 2.23. The second-order valence-corrected chi connectivity index (χ2v) is 8.52. The normalized spacial score (nSPS) is 15.0. The third-order valence-corrected chi connectivity index (χ3v) is 6.23. The average Bonchev–Trinajstić information content (AvgIpc) is 3.09. The second kappa shape index (κ2) is 9.23. The van der Waals surface area contributed by atoms with E-state index in [4.69, 9.17) is 11.6 Å². The number of carboxylic acids is 1. The van der Waals surface area contributed by atoms with Gasteiger partial charge in [0.25, 0.3) is 11.8 Å². The number of carbonyl (C=O) groups excluding carboxylic acids is 3. The van der Waals surface area contributed by atoms with Gasteiger partial charge in [-0.05, 0) is 73.9 Å². The van der Waals surface area contributed by atoms with Crippen molar-refractivity contribution in [2.24, 2.45) is 0 Å². The molecule has 0 unspecified atom stereocenters. The number of aryl methyl sites for hydroxylation is 2. The molecule has 0 bridgehead atoms. The van der Waals surface area contributed by atoms with Crippen molar-refractivity contribution in [1.29, 1.82) is 0 Å². The van der Waals surface area contributed by atoms with E-state index < -0.39 is 23.8 Å². The molecule has 178 valence electrons. The van der Waals surface area contributed by atoms with Crippen LogP contribution in [-0.4, -0.2) is 33.5 Å². The van der Waals surface area contributed by atoms with Crippen molar-refractivity contribution in [3.63, 3.8) is 0 Å². The van der Waals surface area contributed by atoms with E-state index in [-0.39, 0.29) is 11.1 Å². The van der Waals surface area contributed by atoms with E-state index in [0.717, 1.165) is 16.9 Å². The van der Waals surface area contributed by atoms with E-state index >= 15 is 0 Å². The Kier molecular flexibility index (Phi) is 6.32. The molecule has 0 atom stereocenters. The first-order valence-corrected chi connectivity index (χ1v) is 11.2. The highest BCUT2D eigenvalue weighted by molar-refractivity contribution is 6.39. The molecule has 0 spiro atoms. The van der Waals surface area contributed by atoms with Crippen LogP contribution in [0.1, 0.15) is 39.8 Å². The molecule has 1 aromatic heterocycles. The number of benzene rings is 2. The van der Waals surface area contributed by atoms with Crippen LogP contribution in [0.25, 0.3) is 11.8 Å². The van der Waals surface area contributed by atoms with Crippen LogP contribution in [0.3, 0.4) is 0 Å². The third-order valence-electron chi connectivity index (χ3n) is 5.91. The summed E-state index contributed by atoms with van der Waals surface area (Å²) < 4.78 is 1.75. The number of amides is 4. The van der Waals surface area contributed by atoms with Crippen LogP contribution in [0.5, 0.6) is 0 Å². The lowest BCUT2D eigenvalue weighted by molar-refractivity contribution is -0.122. The highest BCUT2D eigenvalue weighted by atomic mass is 35.5. The molecule has 1 aliphatic rings. The fourth-order valence-corrected chi connectivity index (χ4v) is 4.25. The summed E-state index contributed by atoms with van der Waals surface area (Å²) in [6.45, 7) is 5.56. The Morgan fingerprint density at radius 2 is 1.74 bits per heavy atom. The van der Waals surface area contributed by atoms with Crippen molar-refractivity contribution in [2.45, 2.75) is 27.2 Å². The van der Waals surface area contributed by atoms with Gasteiger partial charge in [-0.2, -0.15) is 0 Å². The van der Waals surface area contributed by atoms with E-state index in [1.165, 1.54) is 24.3 Å². The fraction of sp³-hybridized carbons (Fsp3) is 0.154. The summed E-state index contributed by atoms with van der Waals surface area (Å²) in [4.78, 5) is 50.7. The smallest absolute Gasteiger partial charge is 0.335 e. The summed E-state index contributed by atoms with van der Waals surface area (Å²) in [5, 5.41) is 11.9. The topological polar surface area (TPSA) is 109 Å². The molecule has 8 nitrogen and oxygen atoms in total. The number of hydrogen-bond acceptors (Lipinski definition) is 4. The minimum atomic E-state index is -1.09.